The van der Waals surface area contributed by atoms with Crippen molar-refractivity contribution in [2.45, 2.75) is 174 Å². The van der Waals surface area contributed by atoms with Crippen molar-refractivity contribution >= 4 is 17.9 Å². The lowest BCUT2D eigenvalue weighted by atomic mass is 10.1. The maximum atomic E-state index is 12.7. The van der Waals surface area contributed by atoms with Crippen LogP contribution in [0.15, 0.2) is 24.3 Å². The van der Waals surface area contributed by atoms with Crippen LogP contribution < -0.4 is 0 Å². The number of esters is 2. The number of nitrogens with zero attached hydrogens (tertiary/aromatic N) is 1. The Balaban J connectivity index is 4.35. The van der Waals surface area contributed by atoms with Crippen molar-refractivity contribution in [1.29, 1.82) is 0 Å². The number of carbonyl (C=O) groups excluding carboxylic acids is 2. The molecule has 0 saturated carbocycles. The summed E-state index contributed by atoms with van der Waals surface area (Å²) in [4.78, 5) is 36.7. The first-order valence-corrected chi connectivity index (χ1v) is 20.0. The Hall–Kier alpha value is -2.23. The molecule has 0 bridgehead atoms. The topological polar surface area (TPSA) is 108 Å². The average molecular weight is 711 g/mol. The Morgan fingerprint density at radius 2 is 1.08 bits per heavy atom. The Bertz CT molecular complexity index is 882. The van der Waals surface area contributed by atoms with E-state index in [1.165, 1.54) is 83.5 Å². The number of carboxylic acids is 1. The zero-order valence-corrected chi connectivity index (χ0v) is 32.8. The summed E-state index contributed by atoms with van der Waals surface area (Å²) in [5, 5.41) is 9.56. The van der Waals surface area contributed by atoms with Gasteiger partial charge in [0.1, 0.15) is 13.2 Å². The van der Waals surface area contributed by atoms with Gasteiger partial charge >= 0.3 is 17.9 Å². The van der Waals surface area contributed by atoms with Crippen molar-refractivity contribution in [3.05, 3.63) is 24.3 Å². The molecule has 0 aliphatic carbocycles. The Morgan fingerprint density at radius 3 is 1.62 bits per heavy atom. The van der Waals surface area contributed by atoms with Crippen LogP contribution in [0.3, 0.4) is 0 Å². The molecule has 0 spiro atoms. The van der Waals surface area contributed by atoms with E-state index in [4.69, 9.17) is 18.9 Å². The van der Waals surface area contributed by atoms with Crippen LogP contribution in [0, 0.1) is 0 Å². The summed E-state index contributed by atoms with van der Waals surface area (Å²) >= 11 is 0. The SMILES string of the molecule is CCCCC/C=C\C/C=C\CCCCCCCCCCCC(=O)OC(COC(=O)CCCCCCCC)COC(OCC[N+](C)(C)C)C(=O)O. The first-order valence-electron chi connectivity index (χ1n) is 20.0. The first-order chi connectivity index (χ1) is 24.1. The number of carbonyl (C=O) groups is 3. The number of rotatable bonds is 36. The third kappa shape index (κ3) is 34.2. The van der Waals surface area contributed by atoms with Gasteiger partial charge in [0.15, 0.2) is 6.10 Å². The molecule has 292 valence electrons. The second kappa shape index (κ2) is 33.9. The lowest BCUT2D eigenvalue weighted by molar-refractivity contribution is -0.870. The van der Waals surface area contributed by atoms with Gasteiger partial charge in [-0.1, -0.05) is 128 Å². The van der Waals surface area contributed by atoms with E-state index < -0.39 is 24.3 Å². The molecule has 0 aliphatic heterocycles. The van der Waals surface area contributed by atoms with E-state index in [0.717, 1.165) is 51.4 Å². The molecule has 0 radical (unpaired) electrons. The highest BCUT2D eigenvalue weighted by Gasteiger charge is 2.25. The Kier molecular flexibility index (Phi) is 32.4. The van der Waals surface area contributed by atoms with E-state index in [-0.39, 0.29) is 32.2 Å². The molecule has 2 unspecified atom stereocenters. The molecule has 0 aromatic rings. The second-order valence-corrected chi connectivity index (χ2v) is 14.6. The van der Waals surface area contributed by atoms with E-state index in [9.17, 15) is 19.5 Å². The van der Waals surface area contributed by atoms with Crippen LogP contribution in [0.25, 0.3) is 0 Å². The fourth-order valence-electron chi connectivity index (χ4n) is 5.28. The molecular weight excluding hydrogens is 634 g/mol. The number of aliphatic carboxylic acids is 1. The summed E-state index contributed by atoms with van der Waals surface area (Å²) < 4.78 is 22.5. The van der Waals surface area contributed by atoms with Gasteiger partial charge in [0.25, 0.3) is 6.29 Å². The minimum absolute atomic E-state index is 0.182. The maximum absolute atomic E-state index is 12.7. The molecule has 9 nitrogen and oxygen atoms in total. The standard InChI is InChI=1S/C41H75NO8/c1-6-8-10-12-14-15-16-17-18-19-20-21-22-23-24-25-26-28-30-32-39(44)50-37(35-48-38(43)31-29-27-13-11-9-7-2)36-49-41(40(45)46)47-34-33-42(3,4)5/h14-15,17-18,37,41H,6-13,16,19-36H2,1-5H3/p+1/b15-14-,18-17-. The number of likely N-dealkylation sites (N-methyl/N-ethyl adjacent to an activating group) is 1. The highest BCUT2D eigenvalue weighted by atomic mass is 16.7. The summed E-state index contributed by atoms with van der Waals surface area (Å²) in [5.74, 6) is -2.02. The van der Waals surface area contributed by atoms with Crippen LogP contribution in [0.2, 0.25) is 0 Å². The molecule has 0 aliphatic rings. The lowest BCUT2D eigenvalue weighted by Crippen LogP contribution is -2.40. The molecule has 0 heterocycles. The van der Waals surface area contributed by atoms with Gasteiger partial charge in [0, 0.05) is 12.8 Å². The summed E-state index contributed by atoms with van der Waals surface area (Å²) in [6, 6.07) is 0. The molecule has 0 amide bonds. The van der Waals surface area contributed by atoms with E-state index in [1.54, 1.807) is 0 Å². The van der Waals surface area contributed by atoms with E-state index in [0.29, 0.717) is 17.4 Å². The van der Waals surface area contributed by atoms with E-state index in [1.807, 2.05) is 21.1 Å². The van der Waals surface area contributed by atoms with Crippen molar-refractivity contribution in [3.8, 4) is 0 Å². The molecule has 0 saturated heterocycles. The summed E-state index contributed by atoms with van der Waals surface area (Å²) in [6.45, 7) is 4.76. The van der Waals surface area contributed by atoms with Crippen LogP contribution in [-0.4, -0.2) is 87.4 Å². The van der Waals surface area contributed by atoms with Crippen LogP contribution in [0.4, 0.5) is 0 Å². The molecule has 50 heavy (non-hydrogen) atoms. The molecular formula is C41H76NO8+. The molecule has 2 atom stereocenters. The van der Waals surface area contributed by atoms with Crippen LogP contribution in [-0.2, 0) is 33.3 Å². The number of carboxylic acid groups (broad SMARTS) is 1. The molecule has 0 aromatic heterocycles. The second-order valence-electron chi connectivity index (χ2n) is 14.6. The number of ether oxygens (including phenoxy) is 4. The fourth-order valence-corrected chi connectivity index (χ4v) is 5.28. The lowest BCUT2D eigenvalue weighted by Gasteiger charge is -2.25. The highest BCUT2D eigenvalue weighted by molar-refractivity contribution is 5.71. The monoisotopic (exact) mass is 711 g/mol. The van der Waals surface area contributed by atoms with E-state index in [2.05, 4.69) is 38.2 Å². The minimum atomic E-state index is -1.50. The first kappa shape index (κ1) is 47.8. The predicted molar refractivity (Wildman–Crippen MR) is 203 cm³/mol. The fraction of sp³-hybridized carbons (Fsp3) is 0.829. The van der Waals surface area contributed by atoms with Crippen molar-refractivity contribution in [2.75, 3.05) is 47.5 Å². The van der Waals surface area contributed by atoms with Crippen molar-refractivity contribution < 1.29 is 42.9 Å². The Morgan fingerprint density at radius 1 is 0.600 bits per heavy atom. The number of allylic oxidation sites excluding steroid dienone is 4. The zero-order valence-electron chi connectivity index (χ0n) is 32.8. The number of unbranched alkanes of at least 4 members (excludes halogenated alkanes) is 17. The summed E-state index contributed by atoms with van der Waals surface area (Å²) in [6.07, 6.45) is 31.2. The predicted octanol–water partition coefficient (Wildman–Crippen LogP) is 9.72. The highest BCUT2D eigenvalue weighted by Crippen LogP contribution is 2.13. The van der Waals surface area contributed by atoms with Gasteiger partial charge in [-0.3, -0.25) is 9.59 Å². The largest absolute Gasteiger partial charge is 0.477 e. The van der Waals surface area contributed by atoms with Gasteiger partial charge in [-0.25, -0.2) is 4.79 Å². The third-order valence-electron chi connectivity index (χ3n) is 8.46. The minimum Gasteiger partial charge on any atom is -0.477 e. The quantitative estimate of drug-likeness (QED) is 0.0225. The van der Waals surface area contributed by atoms with Gasteiger partial charge in [-0.05, 0) is 44.9 Å². The number of quaternary nitrogens is 1. The molecule has 9 heteroatoms. The smallest absolute Gasteiger partial charge is 0.361 e. The van der Waals surface area contributed by atoms with Gasteiger partial charge in [0.2, 0.25) is 0 Å². The Labute approximate surface area is 306 Å². The zero-order chi connectivity index (χ0) is 37.1. The normalized spacial score (nSPS) is 13.2. The summed E-state index contributed by atoms with van der Waals surface area (Å²) in [7, 11) is 5.94. The van der Waals surface area contributed by atoms with E-state index >= 15 is 0 Å². The van der Waals surface area contributed by atoms with Crippen molar-refractivity contribution in [3.63, 3.8) is 0 Å². The van der Waals surface area contributed by atoms with Crippen molar-refractivity contribution in [2.24, 2.45) is 0 Å². The molecule has 0 fully saturated rings. The number of hydrogen-bond donors (Lipinski definition) is 1. The molecule has 0 aromatic carbocycles. The van der Waals surface area contributed by atoms with Gasteiger partial charge in [-0.2, -0.15) is 0 Å². The maximum Gasteiger partial charge on any atom is 0.361 e. The molecule has 1 N–H and O–H groups in total. The van der Waals surface area contributed by atoms with Gasteiger partial charge < -0.3 is 28.5 Å². The van der Waals surface area contributed by atoms with Crippen LogP contribution >= 0.6 is 0 Å². The van der Waals surface area contributed by atoms with Crippen LogP contribution in [0.5, 0.6) is 0 Å². The third-order valence-corrected chi connectivity index (χ3v) is 8.46. The van der Waals surface area contributed by atoms with Gasteiger partial charge in [-0.15, -0.1) is 0 Å². The van der Waals surface area contributed by atoms with Crippen molar-refractivity contribution in [1.82, 2.24) is 0 Å². The summed E-state index contributed by atoms with van der Waals surface area (Å²) in [5.41, 5.74) is 0. The average Bonchev–Trinajstić information content (AvgIpc) is 3.06. The van der Waals surface area contributed by atoms with Crippen LogP contribution in [0.1, 0.15) is 162 Å². The molecule has 0 rings (SSSR count). The van der Waals surface area contributed by atoms with Gasteiger partial charge in [0.05, 0.1) is 34.4 Å². The number of hydrogen-bond acceptors (Lipinski definition) is 7.